The molecule has 3 nitrogen and oxygen atoms in total. The predicted octanol–water partition coefficient (Wildman–Crippen LogP) is 3.40. The molecule has 0 N–H and O–H groups in total. The summed E-state index contributed by atoms with van der Waals surface area (Å²) in [5.74, 6) is 0.0653. The summed E-state index contributed by atoms with van der Waals surface area (Å²) >= 11 is 0. The van der Waals surface area contributed by atoms with E-state index in [0.29, 0.717) is 5.56 Å². The van der Waals surface area contributed by atoms with Crippen LogP contribution in [-0.2, 0) is 6.42 Å². The SMILES string of the molecule is CCc1ccc2c3c(ncnc13)-c1ccccc1C2=O. The molecule has 1 aliphatic rings. The van der Waals surface area contributed by atoms with E-state index in [4.69, 9.17) is 0 Å². The van der Waals surface area contributed by atoms with Crippen LogP contribution in [0.2, 0.25) is 0 Å². The van der Waals surface area contributed by atoms with Gasteiger partial charge in [-0.2, -0.15) is 0 Å². The smallest absolute Gasteiger partial charge is 0.194 e. The molecule has 1 aliphatic carbocycles. The molecule has 0 unspecified atom stereocenters. The number of ketones is 1. The van der Waals surface area contributed by atoms with Gasteiger partial charge in [-0.05, 0) is 18.1 Å². The number of carbonyl (C=O) groups excluding carboxylic acids is 1. The van der Waals surface area contributed by atoms with Crippen molar-refractivity contribution >= 4 is 16.7 Å². The fourth-order valence-corrected chi connectivity index (χ4v) is 2.94. The van der Waals surface area contributed by atoms with Crippen molar-refractivity contribution in [2.24, 2.45) is 0 Å². The van der Waals surface area contributed by atoms with Gasteiger partial charge in [-0.3, -0.25) is 4.79 Å². The van der Waals surface area contributed by atoms with E-state index in [9.17, 15) is 4.79 Å². The molecule has 0 bridgehead atoms. The molecule has 1 aromatic heterocycles. The van der Waals surface area contributed by atoms with E-state index in [0.717, 1.165) is 39.7 Å². The van der Waals surface area contributed by atoms with Crippen molar-refractivity contribution in [1.29, 1.82) is 0 Å². The van der Waals surface area contributed by atoms with Crippen molar-refractivity contribution in [3.8, 4) is 11.3 Å². The minimum absolute atomic E-state index is 0.0653. The lowest BCUT2D eigenvalue weighted by Crippen LogP contribution is -2.12. The van der Waals surface area contributed by atoms with E-state index < -0.39 is 0 Å². The number of aryl methyl sites for hydroxylation is 1. The third-order valence-corrected chi connectivity index (χ3v) is 3.92. The van der Waals surface area contributed by atoms with Gasteiger partial charge in [-0.15, -0.1) is 0 Å². The van der Waals surface area contributed by atoms with Crippen LogP contribution >= 0.6 is 0 Å². The van der Waals surface area contributed by atoms with Gasteiger partial charge in [0.25, 0.3) is 0 Å². The lowest BCUT2D eigenvalue weighted by molar-refractivity contribution is 0.104. The average molecular weight is 260 g/mol. The van der Waals surface area contributed by atoms with Crippen LogP contribution in [-0.4, -0.2) is 15.8 Å². The second kappa shape index (κ2) is 3.97. The van der Waals surface area contributed by atoms with E-state index in [2.05, 4.69) is 16.9 Å². The maximum atomic E-state index is 12.6. The summed E-state index contributed by atoms with van der Waals surface area (Å²) < 4.78 is 0. The molecule has 0 amide bonds. The van der Waals surface area contributed by atoms with E-state index in [-0.39, 0.29) is 5.78 Å². The van der Waals surface area contributed by atoms with Gasteiger partial charge < -0.3 is 0 Å². The van der Waals surface area contributed by atoms with Gasteiger partial charge in [0.05, 0.1) is 11.2 Å². The van der Waals surface area contributed by atoms with Crippen molar-refractivity contribution in [3.05, 3.63) is 59.4 Å². The highest BCUT2D eigenvalue weighted by atomic mass is 16.1. The van der Waals surface area contributed by atoms with Crippen LogP contribution in [0.4, 0.5) is 0 Å². The van der Waals surface area contributed by atoms with Crippen LogP contribution in [0.3, 0.4) is 0 Å². The Labute approximate surface area is 116 Å². The standard InChI is InChI=1S/C17H12N2O/c1-2-10-7-8-13-14-15(10)18-9-19-16(14)11-5-3-4-6-12(11)17(13)20/h3-9H,2H2,1H3. The molecule has 0 atom stereocenters. The van der Waals surface area contributed by atoms with Crippen molar-refractivity contribution in [2.45, 2.75) is 13.3 Å². The zero-order valence-electron chi connectivity index (χ0n) is 11.1. The number of nitrogens with zero attached hydrogens (tertiary/aromatic N) is 2. The van der Waals surface area contributed by atoms with Gasteiger partial charge in [0, 0.05) is 22.1 Å². The molecule has 1 heterocycles. The molecule has 0 spiro atoms. The number of hydrogen-bond acceptors (Lipinski definition) is 3. The van der Waals surface area contributed by atoms with Crippen molar-refractivity contribution in [3.63, 3.8) is 0 Å². The number of rotatable bonds is 1. The van der Waals surface area contributed by atoms with Crippen LogP contribution in [0.5, 0.6) is 0 Å². The second-order valence-corrected chi connectivity index (χ2v) is 4.95. The lowest BCUT2D eigenvalue weighted by Gasteiger charge is -2.19. The average Bonchev–Trinajstić information content (AvgIpc) is 2.52. The molecule has 20 heavy (non-hydrogen) atoms. The quantitative estimate of drug-likeness (QED) is 0.526. The second-order valence-electron chi connectivity index (χ2n) is 4.95. The van der Waals surface area contributed by atoms with Crippen molar-refractivity contribution in [1.82, 2.24) is 9.97 Å². The van der Waals surface area contributed by atoms with E-state index in [1.165, 1.54) is 0 Å². The first-order valence-corrected chi connectivity index (χ1v) is 6.72. The lowest BCUT2D eigenvalue weighted by atomic mass is 9.85. The van der Waals surface area contributed by atoms with Gasteiger partial charge in [-0.25, -0.2) is 9.97 Å². The Morgan fingerprint density at radius 3 is 2.55 bits per heavy atom. The van der Waals surface area contributed by atoms with Crippen molar-refractivity contribution < 1.29 is 4.79 Å². The molecule has 2 aromatic carbocycles. The predicted molar refractivity (Wildman–Crippen MR) is 77.8 cm³/mol. The molecule has 0 saturated heterocycles. The van der Waals surface area contributed by atoms with Crippen LogP contribution in [0.15, 0.2) is 42.7 Å². The molecule has 0 saturated carbocycles. The van der Waals surface area contributed by atoms with Gasteiger partial charge in [-0.1, -0.05) is 37.3 Å². The normalized spacial score (nSPS) is 12.6. The first kappa shape index (κ1) is 11.3. The molecular formula is C17H12N2O. The summed E-state index contributed by atoms with van der Waals surface area (Å²) in [5.41, 5.74) is 5.27. The van der Waals surface area contributed by atoms with Crippen LogP contribution < -0.4 is 0 Å². The third-order valence-electron chi connectivity index (χ3n) is 3.92. The van der Waals surface area contributed by atoms with Gasteiger partial charge in [0.1, 0.15) is 6.33 Å². The fourth-order valence-electron chi connectivity index (χ4n) is 2.94. The topological polar surface area (TPSA) is 42.9 Å². The summed E-state index contributed by atoms with van der Waals surface area (Å²) in [6.45, 7) is 2.10. The first-order valence-electron chi connectivity index (χ1n) is 6.72. The summed E-state index contributed by atoms with van der Waals surface area (Å²) in [6.07, 6.45) is 2.48. The van der Waals surface area contributed by atoms with Crippen LogP contribution in [0, 0.1) is 0 Å². The summed E-state index contributed by atoms with van der Waals surface area (Å²) in [6, 6.07) is 11.6. The molecular weight excluding hydrogens is 248 g/mol. The number of hydrogen-bond donors (Lipinski definition) is 0. The molecule has 4 rings (SSSR count). The molecule has 0 radical (unpaired) electrons. The van der Waals surface area contributed by atoms with E-state index in [1.54, 1.807) is 6.33 Å². The molecule has 96 valence electrons. The number of fused-ring (bicyclic) bond motifs is 2. The fraction of sp³-hybridized carbons (Fsp3) is 0.118. The Morgan fingerprint density at radius 1 is 0.950 bits per heavy atom. The maximum Gasteiger partial charge on any atom is 0.194 e. The minimum atomic E-state index is 0.0653. The Kier molecular flexibility index (Phi) is 2.24. The third kappa shape index (κ3) is 1.32. The van der Waals surface area contributed by atoms with E-state index >= 15 is 0 Å². The monoisotopic (exact) mass is 260 g/mol. The summed E-state index contributed by atoms with van der Waals surface area (Å²) in [5, 5.41) is 0.899. The number of aromatic nitrogens is 2. The summed E-state index contributed by atoms with van der Waals surface area (Å²) in [7, 11) is 0. The Hall–Kier alpha value is -2.55. The Bertz CT molecular complexity index is 868. The summed E-state index contributed by atoms with van der Waals surface area (Å²) in [4.78, 5) is 21.5. The zero-order valence-corrected chi connectivity index (χ0v) is 11.1. The van der Waals surface area contributed by atoms with Gasteiger partial charge >= 0.3 is 0 Å². The van der Waals surface area contributed by atoms with Crippen molar-refractivity contribution in [2.75, 3.05) is 0 Å². The maximum absolute atomic E-state index is 12.6. The highest BCUT2D eigenvalue weighted by molar-refractivity contribution is 6.25. The largest absolute Gasteiger partial charge is 0.289 e. The molecule has 0 fully saturated rings. The highest BCUT2D eigenvalue weighted by Gasteiger charge is 2.26. The molecule has 3 aromatic rings. The molecule has 3 heteroatoms. The van der Waals surface area contributed by atoms with E-state index in [1.807, 2.05) is 36.4 Å². The van der Waals surface area contributed by atoms with Gasteiger partial charge in [0.2, 0.25) is 0 Å². The Balaban J connectivity index is 2.23. The van der Waals surface area contributed by atoms with Crippen LogP contribution in [0.1, 0.15) is 28.4 Å². The van der Waals surface area contributed by atoms with Crippen LogP contribution in [0.25, 0.3) is 22.2 Å². The Morgan fingerprint density at radius 2 is 1.75 bits per heavy atom. The minimum Gasteiger partial charge on any atom is -0.289 e. The number of carbonyl (C=O) groups is 1. The highest BCUT2D eigenvalue weighted by Crippen LogP contribution is 2.37. The van der Waals surface area contributed by atoms with Gasteiger partial charge in [0.15, 0.2) is 5.78 Å². The zero-order chi connectivity index (χ0) is 13.7. The first-order chi connectivity index (χ1) is 9.81. The number of benzene rings is 2. The molecule has 0 aliphatic heterocycles.